The van der Waals surface area contributed by atoms with Crippen LogP contribution in [-0.4, -0.2) is 31.4 Å². The van der Waals surface area contributed by atoms with E-state index in [1.165, 1.54) is 23.1 Å². The predicted molar refractivity (Wildman–Crippen MR) is 132 cm³/mol. The SMILES string of the molecule is C=CCn1c(SCC(=O)Nc2nc3ccccc3s2)nnc1-c1cc2cc(Br)ccc2o1. The van der Waals surface area contributed by atoms with Gasteiger partial charge in [-0.1, -0.05) is 57.2 Å². The molecule has 160 valence electrons. The molecular weight excluding hydrogens is 510 g/mol. The van der Waals surface area contributed by atoms with E-state index in [4.69, 9.17) is 4.42 Å². The maximum atomic E-state index is 12.5. The summed E-state index contributed by atoms with van der Waals surface area (Å²) in [4.78, 5) is 16.9. The minimum Gasteiger partial charge on any atom is -0.453 e. The maximum Gasteiger partial charge on any atom is 0.236 e. The second kappa shape index (κ2) is 8.89. The van der Waals surface area contributed by atoms with Crippen molar-refractivity contribution in [1.29, 1.82) is 0 Å². The fourth-order valence-electron chi connectivity index (χ4n) is 3.21. The van der Waals surface area contributed by atoms with Gasteiger partial charge >= 0.3 is 0 Å². The van der Waals surface area contributed by atoms with E-state index in [-0.39, 0.29) is 11.7 Å². The minimum absolute atomic E-state index is 0.155. The Labute approximate surface area is 199 Å². The van der Waals surface area contributed by atoms with Crippen molar-refractivity contribution in [2.24, 2.45) is 0 Å². The number of thioether (sulfide) groups is 1. The zero-order chi connectivity index (χ0) is 22.1. The Kier molecular flexibility index (Phi) is 5.81. The first-order valence-electron chi connectivity index (χ1n) is 9.62. The van der Waals surface area contributed by atoms with Gasteiger partial charge in [0.15, 0.2) is 16.0 Å². The van der Waals surface area contributed by atoms with E-state index in [0.717, 1.165) is 25.7 Å². The van der Waals surface area contributed by atoms with E-state index < -0.39 is 0 Å². The number of amides is 1. The molecule has 10 heteroatoms. The van der Waals surface area contributed by atoms with Gasteiger partial charge in [-0.05, 0) is 36.4 Å². The van der Waals surface area contributed by atoms with Crippen LogP contribution >= 0.6 is 39.0 Å². The first-order chi connectivity index (χ1) is 15.6. The number of carbonyl (C=O) groups excluding carboxylic acids is 1. The number of nitrogens with one attached hydrogen (secondary N) is 1. The fourth-order valence-corrected chi connectivity index (χ4v) is 5.22. The number of rotatable bonds is 7. The van der Waals surface area contributed by atoms with Crippen LogP contribution in [0.25, 0.3) is 32.8 Å². The first-order valence-corrected chi connectivity index (χ1v) is 12.2. The molecule has 0 radical (unpaired) electrons. The van der Waals surface area contributed by atoms with Gasteiger partial charge in [0.05, 0.1) is 16.0 Å². The molecule has 3 heterocycles. The summed E-state index contributed by atoms with van der Waals surface area (Å²) >= 11 is 6.23. The van der Waals surface area contributed by atoms with Gasteiger partial charge < -0.3 is 9.73 Å². The summed E-state index contributed by atoms with van der Waals surface area (Å²) in [6.45, 7) is 4.32. The number of fused-ring (bicyclic) bond motifs is 2. The van der Waals surface area contributed by atoms with Crippen LogP contribution in [-0.2, 0) is 11.3 Å². The highest BCUT2D eigenvalue weighted by Crippen LogP contribution is 2.31. The number of anilines is 1. The van der Waals surface area contributed by atoms with E-state index in [9.17, 15) is 4.79 Å². The molecule has 0 aliphatic carbocycles. The fraction of sp³-hybridized carbons (Fsp3) is 0.0909. The Balaban J connectivity index is 1.33. The number of halogens is 1. The molecule has 3 aromatic heterocycles. The molecule has 0 fully saturated rings. The second-order valence-electron chi connectivity index (χ2n) is 6.82. The first kappa shape index (κ1) is 20.9. The van der Waals surface area contributed by atoms with Crippen molar-refractivity contribution in [2.45, 2.75) is 11.7 Å². The minimum atomic E-state index is -0.155. The van der Waals surface area contributed by atoms with Gasteiger partial charge in [0.25, 0.3) is 0 Å². The van der Waals surface area contributed by atoms with Crippen LogP contribution in [0.5, 0.6) is 0 Å². The van der Waals surface area contributed by atoms with Crippen LogP contribution in [0.4, 0.5) is 5.13 Å². The third-order valence-electron chi connectivity index (χ3n) is 4.60. The molecule has 2 aromatic carbocycles. The lowest BCUT2D eigenvalue weighted by Gasteiger charge is -2.06. The van der Waals surface area contributed by atoms with Crippen molar-refractivity contribution in [1.82, 2.24) is 19.7 Å². The summed E-state index contributed by atoms with van der Waals surface area (Å²) in [5.41, 5.74) is 1.63. The molecule has 1 N–H and O–H groups in total. The number of thiazole rings is 1. The Hall–Kier alpha value is -2.95. The quantitative estimate of drug-likeness (QED) is 0.208. The largest absolute Gasteiger partial charge is 0.453 e. The van der Waals surface area contributed by atoms with Crippen LogP contribution in [0.3, 0.4) is 0 Å². The molecular formula is C22H16BrN5O2S2. The Morgan fingerprint density at radius 2 is 2.12 bits per heavy atom. The van der Waals surface area contributed by atoms with Crippen LogP contribution < -0.4 is 5.32 Å². The molecule has 0 saturated heterocycles. The number of para-hydroxylation sites is 1. The summed E-state index contributed by atoms with van der Waals surface area (Å²) in [7, 11) is 0. The Morgan fingerprint density at radius 1 is 1.25 bits per heavy atom. The molecule has 7 nitrogen and oxygen atoms in total. The van der Waals surface area contributed by atoms with Crippen molar-refractivity contribution in [2.75, 3.05) is 11.1 Å². The van der Waals surface area contributed by atoms with E-state index in [1.54, 1.807) is 6.08 Å². The summed E-state index contributed by atoms with van der Waals surface area (Å²) < 4.78 is 9.86. The highest BCUT2D eigenvalue weighted by molar-refractivity contribution is 9.10. The molecule has 0 aliphatic rings. The number of hydrogen-bond donors (Lipinski definition) is 1. The third-order valence-corrected chi connectivity index (χ3v) is 7.01. The Bertz CT molecular complexity index is 1420. The van der Waals surface area contributed by atoms with Crippen LogP contribution in [0, 0.1) is 0 Å². The number of hydrogen-bond acceptors (Lipinski definition) is 7. The van der Waals surface area contributed by atoms with Crippen LogP contribution in [0.1, 0.15) is 0 Å². The maximum absolute atomic E-state index is 12.5. The molecule has 5 rings (SSSR count). The van der Waals surface area contributed by atoms with E-state index in [0.29, 0.717) is 28.4 Å². The summed E-state index contributed by atoms with van der Waals surface area (Å²) in [5, 5.41) is 13.6. The summed E-state index contributed by atoms with van der Waals surface area (Å²) in [6.07, 6.45) is 1.76. The number of nitrogens with zero attached hydrogens (tertiary/aromatic N) is 4. The lowest BCUT2D eigenvalue weighted by Crippen LogP contribution is -2.14. The van der Waals surface area contributed by atoms with E-state index in [1.807, 2.05) is 53.1 Å². The lowest BCUT2D eigenvalue weighted by molar-refractivity contribution is -0.113. The molecule has 0 saturated carbocycles. The zero-order valence-corrected chi connectivity index (χ0v) is 19.8. The predicted octanol–water partition coefficient (Wildman–Crippen LogP) is 5.98. The highest BCUT2D eigenvalue weighted by Gasteiger charge is 2.18. The summed E-state index contributed by atoms with van der Waals surface area (Å²) in [5.74, 6) is 1.22. The molecule has 5 aromatic rings. The zero-order valence-electron chi connectivity index (χ0n) is 16.6. The molecule has 0 aliphatic heterocycles. The van der Waals surface area contributed by atoms with Gasteiger partial charge in [0.1, 0.15) is 5.58 Å². The van der Waals surface area contributed by atoms with Gasteiger partial charge in [0.2, 0.25) is 11.7 Å². The third kappa shape index (κ3) is 4.21. The molecule has 32 heavy (non-hydrogen) atoms. The lowest BCUT2D eigenvalue weighted by atomic mass is 10.2. The second-order valence-corrected chi connectivity index (χ2v) is 9.71. The number of aromatic nitrogens is 4. The van der Waals surface area contributed by atoms with Crippen molar-refractivity contribution in [3.63, 3.8) is 0 Å². The number of furan rings is 1. The van der Waals surface area contributed by atoms with Gasteiger partial charge in [-0.25, -0.2) is 4.98 Å². The topological polar surface area (TPSA) is 85.8 Å². The molecule has 0 unspecified atom stereocenters. The molecule has 0 atom stereocenters. The van der Waals surface area contributed by atoms with Gasteiger partial charge in [-0.3, -0.25) is 9.36 Å². The highest BCUT2D eigenvalue weighted by atomic mass is 79.9. The standard InChI is InChI=1S/C22H16BrN5O2S2/c1-2-9-28-20(17-11-13-10-14(23)7-8-16(13)30-17)26-27-22(28)31-12-19(29)25-21-24-15-5-3-4-6-18(15)32-21/h2-8,10-11H,1,9,12H2,(H,24,25,29). The Morgan fingerprint density at radius 3 is 2.97 bits per heavy atom. The molecule has 0 spiro atoms. The van der Waals surface area contributed by atoms with Crippen molar-refractivity contribution < 1.29 is 9.21 Å². The number of carbonyl (C=O) groups is 1. The van der Waals surface area contributed by atoms with E-state index in [2.05, 4.69) is 43.0 Å². The van der Waals surface area contributed by atoms with Gasteiger partial charge in [0, 0.05) is 16.4 Å². The average molecular weight is 526 g/mol. The average Bonchev–Trinajstić information content (AvgIpc) is 3.48. The number of allylic oxidation sites excluding steroid dienone is 1. The van der Waals surface area contributed by atoms with Crippen molar-refractivity contribution >= 4 is 71.3 Å². The normalized spacial score (nSPS) is 11.3. The molecule has 0 bridgehead atoms. The molecule has 1 amide bonds. The summed E-state index contributed by atoms with van der Waals surface area (Å²) in [6, 6.07) is 15.5. The van der Waals surface area contributed by atoms with Gasteiger partial charge in [-0.2, -0.15) is 0 Å². The van der Waals surface area contributed by atoms with Gasteiger partial charge in [-0.15, -0.1) is 16.8 Å². The van der Waals surface area contributed by atoms with Crippen LogP contribution in [0.15, 0.2) is 75.2 Å². The van der Waals surface area contributed by atoms with Crippen LogP contribution in [0.2, 0.25) is 0 Å². The van der Waals surface area contributed by atoms with Crippen molar-refractivity contribution in [3.05, 3.63) is 65.7 Å². The van der Waals surface area contributed by atoms with Crippen molar-refractivity contribution in [3.8, 4) is 11.6 Å². The van der Waals surface area contributed by atoms with E-state index >= 15 is 0 Å². The number of benzene rings is 2. The monoisotopic (exact) mass is 525 g/mol. The smallest absolute Gasteiger partial charge is 0.236 e.